The summed E-state index contributed by atoms with van der Waals surface area (Å²) in [5.74, 6) is -0.461. The predicted octanol–water partition coefficient (Wildman–Crippen LogP) is 2.15. The highest BCUT2D eigenvalue weighted by Gasteiger charge is 2.25. The molecule has 0 radical (unpaired) electrons. The van der Waals surface area contributed by atoms with E-state index in [0.717, 1.165) is 17.1 Å². The van der Waals surface area contributed by atoms with Crippen molar-refractivity contribution in [1.29, 1.82) is 0 Å². The minimum atomic E-state index is -3.77. The average Bonchev–Trinajstić information content (AvgIpc) is 2.97. The lowest BCUT2D eigenvalue weighted by atomic mass is 10.2. The van der Waals surface area contributed by atoms with Gasteiger partial charge in [-0.2, -0.15) is 0 Å². The van der Waals surface area contributed by atoms with Gasteiger partial charge in [0.1, 0.15) is 4.90 Å². The van der Waals surface area contributed by atoms with E-state index in [0.29, 0.717) is 13.2 Å². The van der Waals surface area contributed by atoms with Crippen LogP contribution in [0.15, 0.2) is 17.0 Å². The minimum Gasteiger partial charge on any atom is -0.376 e. The molecule has 1 aliphatic rings. The molecule has 0 aliphatic carbocycles. The first kappa shape index (κ1) is 18.5. The first-order valence-corrected chi connectivity index (χ1v) is 9.24. The average molecular weight is 381 g/mol. The number of rotatable bonds is 5. The van der Waals surface area contributed by atoms with Crippen LogP contribution in [-0.4, -0.2) is 52.0 Å². The second-order valence-electron chi connectivity index (χ2n) is 5.39. The van der Waals surface area contributed by atoms with Crippen LogP contribution in [0.25, 0.3) is 0 Å². The molecule has 9 heteroatoms. The zero-order chi connectivity index (χ0) is 17.2. The Kier molecular flexibility index (Phi) is 5.91. The Bertz CT molecular complexity index is 701. The molecule has 6 nitrogen and oxygen atoms in total. The van der Waals surface area contributed by atoms with Crippen molar-refractivity contribution in [2.75, 3.05) is 27.2 Å². The summed E-state index contributed by atoms with van der Waals surface area (Å²) in [6.07, 6.45) is 1.83. The van der Waals surface area contributed by atoms with Gasteiger partial charge < -0.3 is 10.1 Å². The summed E-state index contributed by atoms with van der Waals surface area (Å²) in [7, 11) is -1.00. The molecule has 128 valence electrons. The van der Waals surface area contributed by atoms with Gasteiger partial charge in [0, 0.05) is 27.2 Å². The van der Waals surface area contributed by atoms with E-state index in [2.05, 4.69) is 5.32 Å². The van der Waals surface area contributed by atoms with Crippen LogP contribution in [0, 0.1) is 0 Å². The van der Waals surface area contributed by atoms with Crippen LogP contribution in [0.3, 0.4) is 0 Å². The molecule has 1 saturated heterocycles. The zero-order valence-electron chi connectivity index (χ0n) is 12.8. The Morgan fingerprint density at radius 2 is 2.04 bits per heavy atom. The van der Waals surface area contributed by atoms with Crippen LogP contribution in [0.1, 0.15) is 23.2 Å². The Labute approximate surface area is 145 Å². The molecule has 1 aromatic carbocycles. The summed E-state index contributed by atoms with van der Waals surface area (Å²) in [4.78, 5) is 12.1. The molecular formula is C14H18Cl2N2O4S. The molecule has 0 unspecified atom stereocenters. The van der Waals surface area contributed by atoms with Gasteiger partial charge in [0.05, 0.1) is 21.7 Å². The van der Waals surface area contributed by atoms with Crippen molar-refractivity contribution in [3.63, 3.8) is 0 Å². The molecule has 0 spiro atoms. The van der Waals surface area contributed by atoms with Gasteiger partial charge >= 0.3 is 0 Å². The normalized spacial score (nSPS) is 18.4. The van der Waals surface area contributed by atoms with E-state index in [4.69, 9.17) is 27.9 Å². The van der Waals surface area contributed by atoms with E-state index in [1.165, 1.54) is 26.2 Å². The lowest BCUT2D eigenvalue weighted by molar-refractivity contribution is 0.0857. The van der Waals surface area contributed by atoms with E-state index >= 15 is 0 Å². The minimum absolute atomic E-state index is 0.0185. The molecule has 0 aromatic heterocycles. The van der Waals surface area contributed by atoms with Gasteiger partial charge in [-0.3, -0.25) is 4.79 Å². The number of halogens is 2. The molecule has 1 aliphatic heterocycles. The fourth-order valence-electron chi connectivity index (χ4n) is 2.20. The fraction of sp³-hybridized carbons (Fsp3) is 0.500. The number of ether oxygens (including phenoxy) is 1. The summed E-state index contributed by atoms with van der Waals surface area (Å²) in [6, 6.07) is 2.46. The number of hydrogen-bond acceptors (Lipinski definition) is 4. The first-order chi connectivity index (χ1) is 10.7. The van der Waals surface area contributed by atoms with Crippen molar-refractivity contribution in [2.24, 2.45) is 0 Å². The second-order valence-corrected chi connectivity index (χ2v) is 8.33. The van der Waals surface area contributed by atoms with Crippen molar-refractivity contribution in [2.45, 2.75) is 23.8 Å². The summed E-state index contributed by atoms with van der Waals surface area (Å²) < 4.78 is 31.0. The van der Waals surface area contributed by atoms with Gasteiger partial charge in [-0.15, -0.1) is 0 Å². The number of benzene rings is 1. The number of carbonyl (C=O) groups is 1. The van der Waals surface area contributed by atoms with E-state index < -0.39 is 15.9 Å². The van der Waals surface area contributed by atoms with Crippen molar-refractivity contribution < 1.29 is 17.9 Å². The molecule has 1 fully saturated rings. The third-order valence-electron chi connectivity index (χ3n) is 3.54. The van der Waals surface area contributed by atoms with Gasteiger partial charge in [-0.1, -0.05) is 23.2 Å². The molecule has 1 aromatic rings. The Balaban J connectivity index is 2.26. The second kappa shape index (κ2) is 7.36. The third-order valence-corrected chi connectivity index (χ3v) is 6.13. The molecular weight excluding hydrogens is 363 g/mol. The van der Waals surface area contributed by atoms with Gasteiger partial charge in [-0.25, -0.2) is 12.7 Å². The first-order valence-electron chi connectivity index (χ1n) is 7.05. The summed E-state index contributed by atoms with van der Waals surface area (Å²) in [5.41, 5.74) is 0.0643. The van der Waals surface area contributed by atoms with Crippen molar-refractivity contribution in [3.8, 4) is 0 Å². The van der Waals surface area contributed by atoms with Gasteiger partial charge in [0.2, 0.25) is 10.0 Å². The standard InChI is InChI=1S/C14H18Cl2N2O4S/c1-18(2)23(20,21)13-6-10(11(15)7-12(13)16)14(19)17-8-9-4-3-5-22-9/h6-7,9H,3-5,8H2,1-2H3,(H,17,19)/t9-/m1/s1. The molecule has 23 heavy (non-hydrogen) atoms. The highest BCUT2D eigenvalue weighted by Crippen LogP contribution is 2.30. The third kappa shape index (κ3) is 4.16. The Hall–Kier alpha value is -0.860. The number of nitrogens with one attached hydrogen (secondary N) is 1. The topological polar surface area (TPSA) is 75.7 Å². The molecule has 1 N–H and O–H groups in total. The number of hydrogen-bond donors (Lipinski definition) is 1. The van der Waals surface area contributed by atoms with Crippen molar-refractivity contribution in [3.05, 3.63) is 27.7 Å². The highest BCUT2D eigenvalue weighted by molar-refractivity contribution is 7.89. The van der Waals surface area contributed by atoms with E-state index in [-0.39, 0.29) is 26.6 Å². The largest absolute Gasteiger partial charge is 0.376 e. The molecule has 1 amide bonds. The van der Waals surface area contributed by atoms with Crippen LogP contribution in [-0.2, 0) is 14.8 Å². The van der Waals surface area contributed by atoms with E-state index in [1.54, 1.807) is 0 Å². The predicted molar refractivity (Wildman–Crippen MR) is 88.6 cm³/mol. The van der Waals surface area contributed by atoms with Crippen LogP contribution < -0.4 is 5.32 Å². The lowest BCUT2D eigenvalue weighted by Crippen LogP contribution is -2.32. The molecule has 0 bridgehead atoms. The summed E-state index contributed by atoms with van der Waals surface area (Å²) in [5, 5.41) is 2.78. The van der Waals surface area contributed by atoms with Crippen LogP contribution in [0.2, 0.25) is 10.0 Å². The number of nitrogens with zero attached hydrogens (tertiary/aromatic N) is 1. The quantitative estimate of drug-likeness (QED) is 0.848. The van der Waals surface area contributed by atoms with Crippen LogP contribution in [0.5, 0.6) is 0 Å². The van der Waals surface area contributed by atoms with Crippen LogP contribution in [0.4, 0.5) is 0 Å². The molecule has 1 heterocycles. The number of amides is 1. The lowest BCUT2D eigenvalue weighted by Gasteiger charge is -2.15. The maximum atomic E-state index is 12.3. The van der Waals surface area contributed by atoms with E-state index in [9.17, 15) is 13.2 Å². The SMILES string of the molecule is CN(C)S(=O)(=O)c1cc(C(=O)NC[C@H]2CCCO2)c(Cl)cc1Cl. The Morgan fingerprint density at radius 3 is 2.61 bits per heavy atom. The molecule has 0 saturated carbocycles. The number of carbonyl (C=O) groups excluding carboxylic acids is 1. The van der Waals surface area contributed by atoms with Gasteiger partial charge in [-0.05, 0) is 25.0 Å². The molecule has 2 rings (SSSR count). The smallest absolute Gasteiger partial charge is 0.252 e. The van der Waals surface area contributed by atoms with E-state index in [1.807, 2.05) is 0 Å². The van der Waals surface area contributed by atoms with Gasteiger partial charge in [0.15, 0.2) is 0 Å². The summed E-state index contributed by atoms with van der Waals surface area (Å²) >= 11 is 12.0. The zero-order valence-corrected chi connectivity index (χ0v) is 15.1. The monoisotopic (exact) mass is 380 g/mol. The highest BCUT2D eigenvalue weighted by atomic mass is 35.5. The maximum absolute atomic E-state index is 12.3. The Morgan fingerprint density at radius 1 is 1.35 bits per heavy atom. The maximum Gasteiger partial charge on any atom is 0.252 e. The molecule has 1 atom stereocenters. The van der Waals surface area contributed by atoms with Crippen molar-refractivity contribution >= 4 is 39.1 Å². The van der Waals surface area contributed by atoms with Gasteiger partial charge in [0.25, 0.3) is 5.91 Å². The fourth-order valence-corrected chi connectivity index (χ4v) is 3.93. The van der Waals surface area contributed by atoms with Crippen LogP contribution >= 0.6 is 23.2 Å². The van der Waals surface area contributed by atoms with Crippen molar-refractivity contribution in [1.82, 2.24) is 9.62 Å². The summed E-state index contributed by atoms with van der Waals surface area (Å²) in [6.45, 7) is 1.04. The number of sulfonamides is 1.